The van der Waals surface area contributed by atoms with E-state index in [1.165, 1.54) is 0 Å². The van der Waals surface area contributed by atoms with Gasteiger partial charge in [-0.2, -0.15) is 0 Å². The predicted octanol–water partition coefficient (Wildman–Crippen LogP) is 3.42. The number of nitrogens with zero attached hydrogens (tertiary/aromatic N) is 1. The van der Waals surface area contributed by atoms with Gasteiger partial charge in [-0.25, -0.2) is 0 Å². The summed E-state index contributed by atoms with van der Waals surface area (Å²) in [6.07, 6.45) is 2.06. The first-order valence-corrected chi connectivity index (χ1v) is 9.73. The number of rotatable bonds is 1. The summed E-state index contributed by atoms with van der Waals surface area (Å²) in [6, 6.07) is 8.28. The van der Waals surface area contributed by atoms with Crippen LogP contribution in [0.5, 0.6) is 5.75 Å². The van der Waals surface area contributed by atoms with E-state index in [0.29, 0.717) is 5.92 Å². The van der Waals surface area contributed by atoms with Crippen molar-refractivity contribution in [1.29, 1.82) is 0 Å². The quantitative estimate of drug-likeness (QED) is 0.723. The van der Waals surface area contributed by atoms with Crippen molar-refractivity contribution in [2.75, 3.05) is 32.8 Å². The molecule has 1 aromatic rings. The summed E-state index contributed by atoms with van der Waals surface area (Å²) in [5.74, 6) is 8.11. The molecule has 4 rings (SSSR count). The van der Waals surface area contributed by atoms with Gasteiger partial charge in [0.05, 0.1) is 25.9 Å². The van der Waals surface area contributed by atoms with E-state index < -0.39 is 5.60 Å². The number of para-hydroxylation sites is 1. The summed E-state index contributed by atoms with van der Waals surface area (Å²) in [5.41, 5.74) is 0.549. The highest BCUT2D eigenvalue weighted by Crippen LogP contribution is 2.52. The lowest BCUT2D eigenvalue weighted by Crippen LogP contribution is -2.50. The lowest BCUT2D eigenvalue weighted by Gasteiger charge is -2.50. The zero-order valence-electron chi connectivity index (χ0n) is 16.1. The van der Waals surface area contributed by atoms with Gasteiger partial charge in [0.15, 0.2) is 0 Å². The van der Waals surface area contributed by atoms with E-state index >= 15 is 0 Å². The second-order valence-electron chi connectivity index (χ2n) is 8.35. The minimum absolute atomic E-state index is 0.0476. The number of fused-ring (bicyclic) bond motifs is 3. The molecular formula is C22H29NO3. The zero-order chi connectivity index (χ0) is 18.2. The summed E-state index contributed by atoms with van der Waals surface area (Å²) < 4.78 is 18.3. The van der Waals surface area contributed by atoms with Gasteiger partial charge in [0.25, 0.3) is 0 Å². The fourth-order valence-electron chi connectivity index (χ4n) is 4.35. The Bertz CT molecular complexity index is 714. The molecule has 1 aromatic carbocycles. The average Bonchev–Trinajstić information content (AvgIpc) is 2.62. The highest BCUT2D eigenvalue weighted by molar-refractivity contribution is 5.39. The van der Waals surface area contributed by atoms with Crippen LogP contribution in [0.1, 0.15) is 45.3 Å². The summed E-state index contributed by atoms with van der Waals surface area (Å²) in [4.78, 5) is 2.35. The van der Waals surface area contributed by atoms with Crippen LogP contribution < -0.4 is 4.74 Å². The van der Waals surface area contributed by atoms with Gasteiger partial charge in [-0.3, -0.25) is 4.90 Å². The summed E-state index contributed by atoms with van der Waals surface area (Å²) in [6.45, 7) is 10.8. The minimum atomic E-state index is -0.395. The van der Waals surface area contributed by atoms with Crippen LogP contribution >= 0.6 is 0 Å². The number of benzene rings is 1. The third-order valence-corrected chi connectivity index (χ3v) is 5.94. The number of ether oxygens (including phenoxy) is 3. The van der Waals surface area contributed by atoms with Crippen LogP contribution in [0.25, 0.3) is 0 Å². The first-order valence-electron chi connectivity index (χ1n) is 9.73. The molecule has 0 saturated carbocycles. The molecule has 0 unspecified atom stereocenters. The molecule has 3 atom stereocenters. The van der Waals surface area contributed by atoms with Crippen molar-refractivity contribution in [3.05, 3.63) is 29.8 Å². The van der Waals surface area contributed by atoms with Gasteiger partial charge in [0.1, 0.15) is 17.0 Å². The molecule has 3 aliphatic rings. The molecule has 0 N–H and O–H groups in total. The highest BCUT2D eigenvalue weighted by atomic mass is 16.5. The molecule has 0 aromatic heterocycles. The molecule has 2 saturated heterocycles. The number of hydrogen-bond donors (Lipinski definition) is 0. The van der Waals surface area contributed by atoms with Gasteiger partial charge in [-0.15, -0.1) is 0 Å². The Morgan fingerprint density at radius 2 is 1.92 bits per heavy atom. The van der Waals surface area contributed by atoms with Crippen LogP contribution in [0.3, 0.4) is 0 Å². The van der Waals surface area contributed by atoms with E-state index in [0.717, 1.165) is 57.0 Å². The van der Waals surface area contributed by atoms with Crippen molar-refractivity contribution in [2.24, 2.45) is 5.92 Å². The molecule has 0 aliphatic carbocycles. The molecule has 3 aliphatic heterocycles. The van der Waals surface area contributed by atoms with E-state index in [2.05, 4.69) is 49.6 Å². The van der Waals surface area contributed by atoms with Crippen LogP contribution in [-0.4, -0.2) is 49.0 Å². The molecule has 140 valence electrons. The Balaban J connectivity index is 1.52. The average molecular weight is 355 g/mol. The van der Waals surface area contributed by atoms with Gasteiger partial charge < -0.3 is 14.2 Å². The van der Waals surface area contributed by atoms with Crippen molar-refractivity contribution in [3.63, 3.8) is 0 Å². The second kappa shape index (κ2) is 6.88. The Labute approximate surface area is 156 Å². The molecular weight excluding hydrogens is 326 g/mol. The Morgan fingerprint density at radius 1 is 1.15 bits per heavy atom. The maximum Gasteiger partial charge on any atom is 0.126 e. The maximum atomic E-state index is 6.63. The fraction of sp³-hybridized carbons (Fsp3) is 0.636. The Kier molecular flexibility index (Phi) is 4.73. The summed E-state index contributed by atoms with van der Waals surface area (Å²) in [7, 11) is 0. The molecule has 0 amide bonds. The number of morpholine rings is 1. The van der Waals surface area contributed by atoms with E-state index in [1.807, 2.05) is 12.1 Å². The van der Waals surface area contributed by atoms with Crippen molar-refractivity contribution in [1.82, 2.24) is 4.90 Å². The third kappa shape index (κ3) is 3.49. The molecule has 0 bridgehead atoms. The molecule has 4 heteroatoms. The lowest BCUT2D eigenvalue weighted by atomic mass is 9.73. The second-order valence-corrected chi connectivity index (χ2v) is 8.35. The molecule has 0 spiro atoms. The molecule has 26 heavy (non-hydrogen) atoms. The van der Waals surface area contributed by atoms with Gasteiger partial charge in [-0.05, 0) is 39.7 Å². The van der Waals surface area contributed by atoms with E-state index in [1.54, 1.807) is 0 Å². The van der Waals surface area contributed by atoms with Crippen molar-refractivity contribution in [2.45, 2.75) is 50.9 Å². The molecule has 0 radical (unpaired) electrons. The first-order chi connectivity index (χ1) is 12.5. The molecule has 4 nitrogen and oxygen atoms in total. The predicted molar refractivity (Wildman–Crippen MR) is 101 cm³/mol. The fourth-order valence-corrected chi connectivity index (χ4v) is 4.35. The van der Waals surface area contributed by atoms with Gasteiger partial charge >= 0.3 is 0 Å². The maximum absolute atomic E-state index is 6.63. The van der Waals surface area contributed by atoms with Crippen molar-refractivity contribution < 1.29 is 14.2 Å². The SMILES string of the molecule is CC1(C)Oc2ccccc2[C@@H]2O[C@@](C)(C#CCN3CCOCC3)CC[C@H]21. The topological polar surface area (TPSA) is 30.9 Å². The number of hydrogen-bond acceptors (Lipinski definition) is 4. The Morgan fingerprint density at radius 3 is 2.73 bits per heavy atom. The van der Waals surface area contributed by atoms with E-state index in [4.69, 9.17) is 14.2 Å². The van der Waals surface area contributed by atoms with Crippen LogP contribution in [0.2, 0.25) is 0 Å². The standard InChI is InChI=1S/C22H29NO3/c1-21(2)18-9-11-22(3,10-6-12-23-13-15-24-16-14-23)26-20(18)17-7-4-5-8-19(17)25-21/h4-5,7-8,18,20H,9,11-16H2,1-3H3/t18-,20+,22+/m1/s1. The smallest absolute Gasteiger partial charge is 0.126 e. The van der Waals surface area contributed by atoms with Crippen molar-refractivity contribution in [3.8, 4) is 17.6 Å². The van der Waals surface area contributed by atoms with Crippen LogP contribution in [-0.2, 0) is 9.47 Å². The van der Waals surface area contributed by atoms with E-state index in [9.17, 15) is 0 Å². The third-order valence-electron chi connectivity index (χ3n) is 5.94. The van der Waals surface area contributed by atoms with Gasteiger partial charge in [0, 0.05) is 24.6 Å². The molecule has 3 heterocycles. The summed E-state index contributed by atoms with van der Waals surface area (Å²) >= 11 is 0. The Hall–Kier alpha value is -1.54. The van der Waals surface area contributed by atoms with Crippen LogP contribution in [0, 0.1) is 17.8 Å². The van der Waals surface area contributed by atoms with Gasteiger partial charge in [0.2, 0.25) is 0 Å². The largest absolute Gasteiger partial charge is 0.487 e. The van der Waals surface area contributed by atoms with E-state index in [-0.39, 0.29) is 11.7 Å². The zero-order valence-corrected chi connectivity index (χ0v) is 16.1. The van der Waals surface area contributed by atoms with Crippen LogP contribution in [0.4, 0.5) is 0 Å². The van der Waals surface area contributed by atoms with Crippen molar-refractivity contribution >= 4 is 0 Å². The van der Waals surface area contributed by atoms with Gasteiger partial charge in [-0.1, -0.05) is 30.0 Å². The summed E-state index contributed by atoms with van der Waals surface area (Å²) in [5, 5.41) is 0. The van der Waals surface area contributed by atoms with Crippen LogP contribution in [0.15, 0.2) is 24.3 Å². The highest BCUT2D eigenvalue weighted by Gasteiger charge is 2.49. The lowest BCUT2D eigenvalue weighted by molar-refractivity contribution is -0.169. The minimum Gasteiger partial charge on any atom is -0.487 e. The monoisotopic (exact) mass is 355 g/mol. The first kappa shape index (κ1) is 17.9. The normalized spacial score (nSPS) is 33.2. The molecule has 2 fully saturated rings.